The number of rotatable bonds is 9. The predicted molar refractivity (Wildman–Crippen MR) is 98.5 cm³/mol. The second-order valence-electron chi connectivity index (χ2n) is 7.27. The number of anilines is 1. The van der Waals surface area contributed by atoms with E-state index in [0.29, 0.717) is 18.7 Å². The summed E-state index contributed by atoms with van der Waals surface area (Å²) in [6, 6.07) is 6.26. The molecule has 0 atom stereocenters. The van der Waals surface area contributed by atoms with Crippen LogP contribution in [-0.2, 0) is 14.8 Å². The minimum Gasteiger partial charge on any atom is -0.326 e. The van der Waals surface area contributed by atoms with Gasteiger partial charge in [0.2, 0.25) is 15.9 Å². The molecule has 136 valence electrons. The summed E-state index contributed by atoms with van der Waals surface area (Å²) in [5, 5.41) is 2.79. The molecular weight excluding hydrogens is 324 g/mol. The number of nitrogens with one attached hydrogen (secondary N) is 2. The molecule has 0 saturated carbocycles. The molecule has 0 aliphatic carbocycles. The van der Waals surface area contributed by atoms with Crippen molar-refractivity contribution in [2.24, 2.45) is 5.41 Å². The highest BCUT2D eigenvalue weighted by Gasteiger charge is 2.17. The van der Waals surface area contributed by atoms with Crippen LogP contribution in [0.15, 0.2) is 29.2 Å². The summed E-state index contributed by atoms with van der Waals surface area (Å²) >= 11 is 0. The quantitative estimate of drug-likeness (QED) is 0.660. The molecule has 0 bridgehead atoms. The van der Waals surface area contributed by atoms with Crippen molar-refractivity contribution in [1.29, 1.82) is 0 Å². The molecular formula is C18H30N2O3S. The fourth-order valence-electron chi connectivity index (χ4n) is 2.25. The van der Waals surface area contributed by atoms with Crippen LogP contribution >= 0.6 is 0 Å². The van der Waals surface area contributed by atoms with Crippen molar-refractivity contribution in [2.45, 2.75) is 64.7 Å². The van der Waals surface area contributed by atoms with Gasteiger partial charge in [0.1, 0.15) is 0 Å². The third-order valence-corrected chi connectivity index (χ3v) is 4.94. The highest BCUT2D eigenvalue weighted by molar-refractivity contribution is 7.89. The zero-order chi connectivity index (χ0) is 18.2. The van der Waals surface area contributed by atoms with Crippen molar-refractivity contribution in [3.63, 3.8) is 0 Å². The zero-order valence-electron chi connectivity index (χ0n) is 15.2. The van der Waals surface area contributed by atoms with Crippen LogP contribution in [0, 0.1) is 5.41 Å². The molecule has 0 heterocycles. The van der Waals surface area contributed by atoms with Gasteiger partial charge < -0.3 is 5.32 Å². The Labute approximate surface area is 146 Å². The van der Waals surface area contributed by atoms with Crippen molar-refractivity contribution in [3.05, 3.63) is 24.3 Å². The Morgan fingerprint density at radius 2 is 1.67 bits per heavy atom. The maximum atomic E-state index is 12.2. The SMILES string of the molecule is CCCCCCNS(=O)(=O)c1ccc(NC(=O)CC(C)(C)C)cc1. The summed E-state index contributed by atoms with van der Waals surface area (Å²) in [5.74, 6) is -0.0767. The summed E-state index contributed by atoms with van der Waals surface area (Å²) in [6.07, 6.45) is 4.51. The van der Waals surface area contributed by atoms with Crippen molar-refractivity contribution in [3.8, 4) is 0 Å². The Bertz CT molecular complexity index is 617. The van der Waals surface area contributed by atoms with Crippen LogP contribution in [0.2, 0.25) is 0 Å². The fourth-order valence-corrected chi connectivity index (χ4v) is 3.32. The van der Waals surface area contributed by atoms with E-state index in [1.807, 2.05) is 20.8 Å². The van der Waals surface area contributed by atoms with E-state index in [0.717, 1.165) is 25.7 Å². The Morgan fingerprint density at radius 3 is 2.21 bits per heavy atom. The lowest BCUT2D eigenvalue weighted by atomic mass is 9.92. The van der Waals surface area contributed by atoms with Gasteiger partial charge in [-0.05, 0) is 36.1 Å². The standard InChI is InChI=1S/C18H30N2O3S/c1-5-6-7-8-13-19-24(22,23)16-11-9-15(10-12-16)20-17(21)14-18(2,3)4/h9-12,19H,5-8,13-14H2,1-4H3,(H,20,21). The van der Waals surface area contributed by atoms with Crippen LogP contribution in [0.5, 0.6) is 0 Å². The Morgan fingerprint density at radius 1 is 1.04 bits per heavy atom. The van der Waals surface area contributed by atoms with Gasteiger partial charge in [0.05, 0.1) is 4.90 Å². The second kappa shape index (κ2) is 9.18. The molecule has 0 fully saturated rings. The molecule has 1 amide bonds. The first-order valence-corrected chi connectivity index (χ1v) is 10.0. The van der Waals surface area contributed by atoms with Crippen molar-refractivity contribution in [1.82, 2.24) is 4.72 Å². The van der Waals surface area contributed by atoms with E-state index < -0.39 is 10.0 Å². The second-order valence-corrected chi connectivity index (χ2v) is 9.04. The summed E-state index contributed by atoms with van der Waals surface area (Å²) in [6.45, 7) is 8.55. The Kier molecular flexibility index (Phi) is 7.90. The van der Waals surface area contributed by atoms with Crippen molar-refractivity contribution >= 4 is 21.6 Å². The van der Waals surface area contributed by atoms with Gasteiger partial charge in [-0.1, -0.05) is 47.0 Å². The number of amides is 1. The minimum absolute atomic E-state index is 0.0767. The number of hydrogen-bond acceptors (Lipinski definition) is 3. The first kappa shape index (κ1) is 20.6. The van der Waals surface area contributed by atoms with Crippen molar-refractivity contribution < 1.29 is 13.2 Å². The molecule has 0 unspecified atom stereocenters. The van der Waals surface area contributed by atoms with Gasteiger partial charge in [-0.2, -0.15) is 0 Å². The van der Waals surface area contributed by atoms with E-state index >= 15 is 0 Å². The van der Waals surface area contributed by atoms with Gasteiger partial charge in [0, 0.05) is 18.7 Å². The largest absolute Gasteiger partial charge is 0.326 e. The number of benzene rings is 1. The highest BCUT2D eigenvalue weighted by atomic mass is 32.2. The van der Waals surface area contributed by atoms with E-state index in [1.54, 1.807) is 12.1 Å². The van der Waals surface area contributed by atoms with Crippen LogP contribution in [0.1, 0.15) is 59.8 Å². The van der Waals surface area contributed by atoms with Gasteiger partial charge >= 0.3 is 0 Å². The summed E-state index contributed by atoms with van der Waals surface area (Å²) in [4.78, 5) is 12.1. The molecule has 0 radical (unpaired) electrons. The van der Waals surface area contributed by atoms with Gasteiger partial charge in [-0.25, -0.2) is 13.1 Å². The lowest BCUT2D eigenvalue weighted by molar-refractivity contribution is -0.117. The zero-order valence-corrected chi connectivity index (χ0v) is 16.0. The predicted octanol–water partition coefficient (Wildman–Crippen LogP) is 3.92. The number of carbonyl (C=O) groups is 1. The van der Waals surface area contributed by atoms with Crippen LogP contribution in [0.3, 0.4) is 0 Å². The summed E-state index contributed by atoms with van der Waals surface area (Å²) in [7, 11) is -3.48. The molecule has 24 heavy (non-hydrogen) atoms. The van der Waals surface area contributed by atoms with Crippen LogP contribution in [0.25, 0.3) is 0 Å². The van der Waals surface area contributed by atoms with Crippen LogP contribution < -0.4 is 10.0 Å². The van der Waals surface area contributed by atoms with Gasteiger partial charge in [0.15, 0.2) is 0 Å². The molecule has 0 aliphatic heterocycles. The number of unbranched alkanes of at least 4 members (excludes halogenated alkanes) is 3. The van der Waals surface area contributed by atoms with E-state index in [1.165, 1.54) is 12.1 Å². The maximum absolute atomic E-state index is 12.2. The van der Waals surface area contributed by atoms with Gasteiger partial charge in [0.25, 0.3) is 0 Å². The minimum atomic E-state index is -3.48. The average Bonchev–Trinajstić information content (AvgIpc) is 2.45. The van der Waals surface area contributed by atoms with E-state index in [4.69, 9.17) is 0 Å². The third kappa shape index (κ3) is 7.93. The first-order chi connectivity index (χ1) is 11.1. The van der Waals surface area contributed by atoms with Crippen LogP contribution in [0.4, 0.5) is 5.69 Å². The maximum Gasteiger partial charge on any atom is 0.240 e. The fraction of sp³-hybridized carbons (Fsp3) is 0.611. The first-order valence-electron chi connectivity index (χ1n) is 8.53. The number of sulfonamides is 1. The molecule has 0 saturated heterocycles. The average molecular weight is 355 g/mol. The molecule has 0 aliphatic rings. The highest BCUT2D eigenvalue weighted by Crippen LogP contribution is 2.20. The molecule has 1 aromatic carbocycles. The Balaban J connectivity index is 2.58. The molecule has 0 spiro atoms. The number of hydrogen-bond donors (Lipinski definition) is 2. The molecule has 1 aromatic rings. The van der Waals surface area contributed by atoms with E-state index in [2.05, 4.69) is 17.0 Å². The van der Waals surface area contributed by atoms with E-state index in [9.17, 15) is 13.2 Å². The van der Waals surface area contributed by atoms with Gasteiger partial charge in [-0.3, -0.25) is 4.79 Å². The van der Waals surface area contributed by atoms with Crippen molar-refractivity contribution in [2.75, 3.05) is 11.9 Å². The summed E-state index contributed by atoms with van der Waals surface area (Å²) in [5.41, 5.74) is 0.515. The third-order valence-electron chi connectivity index (χ3n) is 3.46. The normalized spacial score (nSPS) is 12.2. The lowest BCUT2D eigenvalue weighted by Gasteiger charge is -2.17. The summed E-state index contributed by atoms with van der Waals surface area (Å²) < 4.78 is 27.0. The van der Waals surface area contributed by atoms with E-state index in [-0.39, 0.29) is 16.2 Å². The molecule has 5 nitrogen and oxygen atoms in total. The van der Waals surface area contributed by atoms with Gasteiger partial charge in [-0.15, -0.1) is 0 Å². The Hall–Kier alpha value is -1.40. The topological polar surface area (TPSA) is 75.3 Å². The number of carbonyl (C=O) groups excluding carboxylic acids is 1. The molecule has 6 heteroatoms. The van der Waals surface area contributed by atoms with Crippen LogP contribution in [-0.4, -0.2) is 20.9 Å². The molecule has 2 N–H and O–H groups in total. The smallest absolute Gasteiger partial charge is 0.240 e. The monoisotopic (exact) mass is 354 g/mol. The molecule has 1 rings (SSSR count). The molecule has 0 aromatic heterocycles. The lowest BCUT2D eigenvalue weighted by Crippen LogP contribution is -2.24.